The summed E-state index contributed by atoms with van der Waals surface area (Å²) in [6, 6.07) is 6.16. The Kier molecular flexibility index (Phi) is 3.19. The number of likely N-dealkylation sites (tertiary alicyclic amines) is 1. The summed E-state index contributed by atoms with van der Waals surface area (Å²) in [6.07, 6.45) is 0.273. The van der Waals surface area contributed by atoms with Crippen molar-refractivity contribution in [1.82, 2.24) is 4.90 Å². The Morgan fingerprint density at radius 3 is 2.88 bits per heavy atom. The molecule has 1 fully saturated rings. The number of hydrogen-bond donors (Lipinski definition) is 1. The van der Waals surface area contributed by atoms with E-state index in [9.17, 15) is 9.18 Å². The van der Waals surface area contributed by atoms with Gasteiger partial charge in [0.1, 0.15) is 5.82 Å². The van der Waals surface area contributed by atoms with E-state index >= 15 is 0 Å². The van der Waals surface area contributed by atoms with Crippen LogP contribution >= 0.6 is 0 Å². The minimum absolute atomic E-state index is 0.0512. The summed E-state index contributed by atoms with van der Waals surface area (Å²) < 4.78 is 12.9. The molecule has 1 saturated heterocycles. The summed E-state index contributed by atoms with van der Waals surface area (Å²) in [5.41, 5.74) is 6.20. The van der Waals surface area contributed by atoms with Gasteiger partial charge in [-0.15, -0.1) is 0 Å². The molecule has 4 heteroatoms. The van der Waals surface area contributed by atoms with Crippen molar-refractivity contribution in [1.29, 1.82) is 0 Å². The molecule has 86 valence electrons. The fraction of sp³-hybridized carbons (Fsp3) is 0.417. The molecule has 0 bridgehead atoms. The van der Waals surface area contributed by atoms with Crippen molar-refractivity contribution < 1.29 is 9.18 Å². The number of benzene rings is 1. The summed E-state index contributed by atoms with van der Waals surface area (Å²) in [4.78, 5) is 13.5. The lowest BCUT2D eigenvalue weighted by molar-refractivity contribution is -0.136. The largest absolute Gasteiger partial charge is 0.342 e. The van der Waals surface area contributed by atoms with Crippen molar-refractivity contribution >= 4 is 5.91 Å². The van der Waals surface area contributed by atoms with Gasteiger partial charge in [0.2, 0.25) is 5.91 Å². The SMILES string of the molecule is NCC1CN(C(=O)Cc2cccc(F)c2)C1. The molecule has 1 aliphatic rings. The molecule has 2 rings (SSSR count). The quantitative estimate of drug-likeness (QED) is 0.821. The lowest BCUT2D eigenvalue weighted by atomic mass is 9.99. The Morgan fingerprint density at radius 2 is 2.25 bits per heavy atom. The number of nitrogens with zero attached hydrogens (tertiary/aromatic N) is 1. The lowest BCUT2D eigenvalue weighted by Crippen LogP contribution is -2.53. The van der Waals surface area contributed by atoms with Gasteiger partial charge < -0.3 is 10.6 Å². The first kappa shape index (κ1) is 11.1. The summed E-state index contributed by atoms with van der Waals surface area (Å²) in [7, 11) is 0. The van der Waals surface area contributed by atoms with Crippen LogP contribution in [0, 0.1) is 11.7 Å². The number of hydrogen-bond acceptors (Lipinski definition) is 2. The maximum Gasteiger partial charge on any atom is 0.227 e. The lowest BCUT2D eigenvalue weighted by Gasteiger charge is -2.38. The zero-order valence-electron chi connectivity index (χ0n) is 9.03. The predicted octanol–water partition coefficient (Wildman–Crippen LogP) is 0.785. The van der Waals surface area contributed by atoms with E-state index < -0.39 is 0 Å². The van der Waals surface area contributed by atoms with Gasteiger partial charge in [0.25, 0.3) is 0 Å². The number of nitrogens with two attached hydrogens (primary N) is 1. The molecule has 1 heterocycles. The number of carbonyl (C=O) groups is 1. The van der Waals surface area contributed by atoms with Crippen LogP contribution in [0.25, 0.3) is 0 Å². The third-order valence-electron chi connectivity index (χ3n) is 2.89. The van der Waals surface area contributed by atoms with Crippen molar-refractivity contribution in [3.05, 3.63) is 35.6 Å². The highest BCUT2D eigenvalue weighted by Gasteiger charge is 2.28. The van der Waals surface area contributed by atoms with Gasteiger partial charge in [-0.3, -0.25) is 4.79 Å². The van der Waals surface area contributed by atoms with Gasteiger partial charge >= 0.3 is 0 Å². The average molecular weight is 222 g/mol. The molecule has 3 nitrogen and oxygen atoms in total. The third-order valence-corrected chi connectivity index (χ3v) is 2.89. The molecule has 0 unspecified atom stereocenters. The first-order valence-electron chi connectivity index (χ1n) is 5.41. The molecule has 0 atom stereocenters. The summed E-state index contributed by atoms with van der Waals surface area (Å²) >= 11 is 0. The normalized spacial score (nSPS) is 16.0. The summed E-state index contributed by atoms with van der Waals surface area (Å²) in [5.74, 6) is 0.195. The van der Waals surface area contributed by atoms with Crippen LogP contribution in [0.5, 0.6) is 0 Å². The van der Waals surface area contributed by atoms with Crippen LogP contribution in [-0.4, -0.2) is 30.4 Å². The fourth-order valence-electron chi connectivity index (χ4n) is 1.86. The van der Waals surface area contributed by atoms with Crippen molar-refractivity contribution in [2.45, 2.75) is 6.42 Å². The number of rotatable bonds is 3. The Bertz CT molecular complexity index is 388. The second-order valence-corrected chi connectivity index (χ2v) is 4.21. The van der Waals surface area contributed by atoms with Gasteiger partial charge in [0.15, 0.2) is 0 Å². The first-order chi connectivity index (χ1) is 7.69. The zero-order valence-corrected chi connectivity index (χ0v) is 9.03. The van der Waals surface area contributed by atoms with Crippen LogP contribution in [-0.2, 0) is 11.2 Å². The van der Waals surface area contributed by atoms with E-state index in [4.69, 9.17) is 5.73 Å². The van der Waals surface area contributed by atoms with Crippen LogP contribution in [0.15, 0.2) is 24.3 Å². The molecule has 1 aromatic carbocycles. The van der Waals surface area contributed by atoms with Crippen LogP contribution in [0.3, 0.4) is 0 Å². The highest BCUT2D eigenvalue weighted by Crippen LogP contribution is 2.16. The van der Waals surface area contributed by atoms with Gasteiger partial charge in [0.05, 0.1) is 6.42 Å². The molecule has 2 N–H and O–H groups in total. The molecular formula is C12H15FN2O. The van der Waals surface area contributed by atoms with Crippen LogP contribution in [0.2, 0.25) is 0 Å². The standard InChI is InChI=1S/C12H15FN2O/c13-11-3-1-2-9(4-11)5-12(16)15-7-10(6-14)8-15/h1-4,10H,5-8,14H2. The monoisotopic (exact) mass is 222 g/mol. The zero-order chi connectivity index (χ0) is 11.5. The van der Waals surface area contributed by atoms with Crippen LogP contribution in [0.1, 0.15) is 5.56 Å². The smallest absolute Gasteiger partial charge is 0.227 e. The van der Waals surface area contributed by atoms with Crippen LogP contribution in [0.4, 0.5) is 4.39 Å². The van der Waals surface area contributed by atoms with Gasteiger partial charge in [-0.1, -0.05) is 12.1 Å². The van der Waals surface area contributed by atoms with E-state index in [1.807, 2.05) is 0 Å². The minimum Gasteiger partial charge on any atom is -0.342 e. The van der Waals surface area contributed by atoms with Gasteiger partial charge in [0, 0.05) is 19.0 Å². The summed E-state index contributed by atoms with van der Waals surface area (Å²) in [6.45, 7) is 2.11. The number of amides is 1. The molecule has 0 radical (unpaired) electrons. The topological polar surface area (TPSA) is 46.3 Å². The Labute approximate surface area is 94.0 Å². The molecule has 1 aliphatic heterocycles. The van der Waals surface area contributed by atoms with Gasteiger partial charge in [-0.05, 0) is 24.2 Å². The molecule has 0 saturated carbocycles. The second-order valence-electron chi connectivity index (χ2n) is 4.21. The highest BCUT2D eigenvalue weighted by molar-refractivity contribution is 5.79. The Balaban J connectivity index is 1.89. The van der Waals surface area contributed by atoms with E-state index in [0.29, 0.717) is 12.5 Å². The second kappa shape index (κ2) is 4.61. The maximum atomic E-state index is 12.9. The van der Waals surface area contributed by atoms with Crippen molar-refractivity contribution in [2.24, 2.45) is 11.7 Å². The Morgan fingerprint density at radius 1 is 1.50 bits per heavy atom. The van der Waals surface area contributed by atoms with E-state index in [0.717, 1.165) is 18.7 Å². The molecule has 16 heavy (non-hydrogen) atoms. The maximum absolute atomic E-state index is 12.9. The molecule has 1 aromatic rings. The van der Waals surface area contributed by atoms with Gasteiger partial charge in [-0.25, -0.2) is 4.39 Å². The average Bonchev–Trinajstić information content (AvgIpc) is 2.15. The van der Waals surface area contributed by atoms with E-state index in [-0.39, 0.29) is 18.1 Å². The van der Waals surface area contributed by atoms with E-state index in [1.54, 1.807) is 17.0 Å². The van der Waals surface area contributed by atoms with Crippen molar-refractivity contribution in [3.8, 4) is 0 Å². The highest BCUT2D eigenvalue weighted by atomic mass is 19.1. The first-order valence-corrected chi connectivity index (χ1v) is 5.41. The molecule has 0 aliphatic carbocycles. The Hall–Kier alpha value is -1.42. The number of carbonyl (C=O) groups excluding carboxylic acids is 1. The van der Waals surface area contributed by atoms with E-state index in [2.05, 4.69) is 0 Å². The number of halogens is 1. The van der Waals surface area contributed by atoms with Crippen molar-refractivity contribution in [3.63, 3.8) is 0 Å². The van der Waals surface area contributed by atoms with Crippen LogP contribution < -0.4 is 5.73 Å². The predicted molar refractivity (Wildman–Crippen MR) is 59.2 cm³/mol. The summed E-state index contributed by atoms with van der Waals surface area (Å²) in [5, 5.41) is 0. The molecule has 0 spiro atoms. The molecular weight excluding hydrogens is 207 g/mol. The van der Waals surface area contributed by atoms with Gasteiger partial charge in [-0.2, -0.15) is 0 Å². The van der Waals surface area contributed by atoms with E-state index in [1.165, 1.54) is 12.1 Å². The van der Waals surface area contributed by atoms with Crippen molar-refractivity contribution in [2.75, 3.05) is 19.6 Å². The third kappa shape index (κ3) is 2.39. The minimum atomic E-state index is -0.297. The molecule has 1 amide bonds. The molecule has 0 aromatic heterocycles. The fourth-order valence-corrected chi connectivity index (χ4v) is 1.86.